The van der Waals surface area contributed by atoms with E-state index in [1.54, 1.807) is 0 Å². The van der Waals surface area contributed by atoms with Gasteiger partial charge in [-0.1, -0.05) is 33.6 Å². The fourth-order valence-corrected chi connectivity index (χ4v) is 3.14. The average Bonchev–Trinajstić information content (AvgIpc) is 2.31. The third-order valence-corrected chi connectivity index (χ3v) is 3.99. The summed E-state index contributed by atoms with van der Waals surface area (Å²) in [6.07, 6.45) is 9.72. The van der Waals surface area contributed by atoms with Gasteiger partial charge in [-0.2, -0.15) is 0 Å². The van der Waals surface area contributed by atoms with Gasteiger partial charge in [0.1, 0.15) is 0 Å². The van der Waals surface area contributed by atoms with Gasteiger partial charge in [0.05, 0.1) is 6.10 Å². The minimum atomic E-state index is 0.547. The van der Waals surface area contributed by atoms with Gasteiger partial charge in [-0.05, 0) is 57.0 Å². The molecule has 0 bridgehead atoms. The van der Waals surface area contributed by atoms with Crippen molar-refractivity contribution in [3.8, 4) is 0 Å². The molecule has 108 valence electrons. The maximum atomic E-state index is 6.04. The van der Waals surface area contributed by atoms with E-state index in [1.165, 1.54) is 51.5 Å². The van der Waals surface area contributed by atoms with Gasteiger partial charge < -0.3 is 10.1 Å². The van der Waals surface area contributed by atoms with Crippen LogP contribution in [-0.2, 0) is 4.74 Å². The Bertz CT molecular complexity index is 186. The number of hydrogen-bond acceptors (Lipinski definition) is 2. The largest absolute Gasteiger partial charge is 0.378 e. The first kappa shape index (κ1) is 16.0. The lowest BCUT2D eigenvalue weighted by molar-refractivity contribution is -0.000615. The van der Waals surface area contributed by atoms with Gasteiger partial charge in [0.25, 0.3) is 0 Å². The summed E-state index contributed by atoms with van der Waals surface area (Å²) < 4.78 is 6.04. The highest BCUT2D eigenvalue weighted by Gasteiger charge is 2.23. The standard InChI is InChI=1S/C16H33NO/c1-4-17-9-7-5-6-8-10-18-16-12-14(2)11-15(3)13-16/h14-17H,4-13H2,1-3H3. The van der Waals surface area contributed by atoms with Crippen LogP contribution in [0.3, 0.4) is 0 Å². The van der Waals surface area contributed by atoms with Crippen LogP contribution in [0, 0.1) is 11.8 Å². The summed E-state index contributed by atoms with van der Waals surface area (Å²) in [6, 6.07) is 0. The molecule has 0 radical (unpaired) electrons. The van der Waals surface area contributed by atoms with Crippen LogP contribution in [0.2, 0.25) is 0 Å². The lowest BCUT2D eigenvalue weighted by Crippen LogP contribution is -2.26. The quantitative estimate of drug-likeness (QED) is 0.629. The predicted molar refractivity (Wildman–Crippen MR) is 78.9 cm³/mol. The molecule has 1 N–H and O–H groups in total. The third kappa shape index (κ3) is 7.38. The minimum absolute atomic E-state index is 0.547. The molecule has 1 fully saturated rings. The zero-order valence-corrected chi connectivity index (χ0v) is 12.7. The number of nitrogens with one attached hydrogen (secondary N) is 1. The molecule has 2 unspecified atom stereocenters. The van der Waals surface area contributed by atoms with Crippen LogP contribution in [0.25, 0.3) is 0 Å². The van der Waals surface area contributed by atoms with E-state index in [4.69, 9.17) is 4.74 Å². The molecule has 0 amide bonds. The van der Waals surface area contributed by atoms with Crippen LogP contribution in [0.4, 0.5) is 0 Å². The smallest absolute Gasteiger partial charge is 0.0580 e. The Hall–Kier alpha value is -0.0800. The Morgan fingerprint density at radius 2 is 1.61 bits per heavy atom. The molecule has 18 heavy (non-hydrogen) atoms. The first-order valence-electron chi connectivity index (χ1n) is 8.04. The summed E-state index contributed by atoms with van der Waals surface area (Å²) in [5, 5.41) is 3.37. The molecule has 0 aromatic rings. The third-order valence-electron chi connectivity index (χ3n) is 3.99. The van der Waals surface area contributed by atoms with Crippen LogP contribution in [-0.4, -0.2) is 25.8 Å². The fourth-order valence-electron chi connectivity index (χ4n) is 3.14. The van der Waals surface area contributed by atoms with Gasteiger partial charge in [-0.3, -0.25) is 0 Å². The number of hydrogen-bond donors (Lipinski definition) is 1. The van der Waals surface area contributed by atoms with E-state index in [0.29, 0.717) is 6.10 Å². The van der Waals surface area contributed by atoms with Gasteiger partial charge >= 0.3 is 0 Å². The lowest BCUT2D eigenvalue weighted by atomic mass is 9.82. The molecule has 1 aliphatic carbocycles. The van der Waals surface area contributed by atoms with Gasteiger partial charge in [0.2, 0.25) is 0 Å². The minimum Gasteiger partial charge on any atom is -0.378 e. The second-order valence-corrected chi connectivity index (χ2v) is 6.18. The molecule has 2 heteroatoms. The molecule has 0 aromatic heterocycles. The van der Waals surface area contributed by atoms with Crippen molar-refractivity contribution >= 4 is 0 Å². The molecule has 2 atom stereocenters. The molecule has 1 aliphatic rings. The number of rotatable bonds is 9. The second-order valence-electron chi connectivity index (χ2n) is 6.18. The zero-order chi connectivity index (χ0) is 13.2. The normalized spacial score (nSPS) is 28.5. The maximum absolute atomic E-state index is 6.04. The van der Waals surface area contributed by atoms with Gasteiger partial charge in [0.15, 0.2) is 0 Å². The van der Waals surface area contributed by atoms with Crippen LogP contribution in [0.15, 0.2) is 0 Å². The highest BCUT2D eigenvalue weighted by molar-refractivity contribution is 4.75. The SMILES string of the molecule is CCNCCCCCCOC1CC(C)CC(C)C1. The maximum Gasteiger partial charge on any atom is 0.0580 e. The van der Waals surface area contributed by atoms with Crippen molar-refractivity contribution in [3.05, 3.63) is 0 Å². The van der Waals surface area contributed by atoms with E-state index in [0.717, 1.165) is 25.0 Å². The highest BCUT2D eigenvalue weighted by atomic mass is 16.5. The molecule has 0 aromatic carbocycles. The van der Waals surface area contributed by atoms with Crippen LogP contribution in [0.5, 0.6) is 0 Å². The Morgan fingerprint density at radius 3 is 2.28 bits per heavy atom. The van der Waals surface area contributed by atoms with E-state index in [9.17, 15) is 0 Å². The van der Waals surface area contributed by atoms with E-state index in [-0.39, 0.29) is 0 Å². The van der Waals surface area contributed by atoms with Crippen molar-refractivity contribution in [2.45, 2.75) is 71.8 Å². The molecule has 0 heterocycles. The molecule has 1 saturated carbocycles. The fraction of sp³-hybridized carbons (Fsp3) is 1.00. The Balaban J connectivity index is 1.91. The van der Waals surface area contributed by atoms with E-state index >= 15 is 0 Å². The molecule has 0 saturated heterocycles. The van der Waals surface area contributed by atoms with E-state index in [2.05, 4.69) is 26.1 Å². The summed E-state index contributed by atoms with van der Waals surface area (Å²) in [6.45, 7) is 10.2. The summed E-state index contributed by atoms with van der Waals surface area (Å²) in [5.41, 5.74) is 0. The van der Waals surface area contributed by atoms with Gasteiger partial charge in [-0.25, -0.2) is 0 Å². The average molecular weight is 255 g/mol. The number of ether oxygens (including phenoxy) is 1. The highest BCUT2D eigenvalue weighted by Crippen LogP contribution is 2.30. The van der Waals surface area contributed by atoms with Crippen molar-refractivity contribution in [2.75, 3.05) is 19.7 Å². The van der Waals surface area contributed by atoms with Crippen molar-refractivity contribution in [3.63, 3.8) is 0 Å². The predicted octanol–water partition coefficient (Wildman–Crippen LogP) is 4.00. The molecular formula is C16H33NO. The lowest BCUT2D eigenvalue weighted by Gasteiger charge is -2.31. The van der Waals surface area contributed by atoms with Crippen molar-refractivity contribution in [1.29, 1.82) is 0 Å². The van der Waals surface area contributed by atoms with E-state index < -0.39 is 0 Å². The Morgan fingerprint density at radius 1 is 0.944 bits per heavy atom. The van der Waals surface area contributed by atoms with Crippen molar-refractivity contribution in [1.82, 2.24) is 5.32 Å². The zero-order valence-electron chi connectivity index (χ0n) is 12.7. The Kier molecular flexibility index (Phi) is 8.70. The van der Waals surface area contributed by atoms with E-state index in [1.807, 2.05) is 0 Å². The summed E-state index contributed by atoms with van der Waals surface area (Å²) in [5.74, 6) is 1.72. The van der Waals surface area contributed by atoms with Crippen LogP contribution < -0.4 is 5.32 Å². The summed E-state index contributed by atoms with van der Waals surface area (Å²) in [4.78, 5) is 0. The first-order chi connectivity index (χ1) is 8.72. The van der Waals surface area contributed by atoms with Crippen molar-refractivity contribution < 1.29 is 4.74 Å². The monoisotopic (exact) mass is 255 g/mol. The molecule has 0 aliphatic heterocycles. The van der Waals surface area contributed by atoms with Gasteiger partial charge in [-0.15, -0.1) is 0 Å². The van der Waals surface area contributed by atoms with Crippen LogP contribution in [0.1, 0.15) is 65.7 Å². The first-order valence-corrected chi connectivity index (χ1v) is 8.04. The number of unbranched alkanes of at least 4 members (excludes halogenated alkanes) is 3. The summed E-state index contributed by atoms with van der Waals surface area (Å²) >= 11 is 0. The summed E-state index contributed by atoms with van der Waals surface area (Å²) in [7, 11) is 0. The molecular weight excluding hydrogens is 222 g/mol. The topological polar surface area (TPSA) is 21.3 Å². The Labute approximate surface area is 114 Å². The van der Waals surface area contributed by atoms with Crippen molar-refractivity contribution in [2.24, 2.45) is 11.8 Å². The molecule has 1 rings (SSSR count). The van der Waals surface area contributed by atoms with Crippen LogP contribution >= 0.6 is 0 Å². The molecule has 2 nitrogen and oxygen atoms in total. The second kappa shape index (κ2) is 9.80. The van der Waals surface area contributed by atoms with Gasteiger partial charge in [0, 0.05) is 6.61 Å². The molecule has 0 spiro atoms.